The molecule has 0 atom stereocenters. The average Bonchev–Trinajstić information content (AvgIpc) is 2.40. The normalized spacial score (nSPS) is 9.00. The molecule has 0 saturated carbocycles. The van der Waals surface area contributed by atoms with Gasteiger partial charge in [0.2, 0.25) is 17.5 Å². The second-order valence-corrected chi connectivity index (χ2v) is 3.49. The molecule has 0 radical (unpaired) electrons. The molecule has 0 aliphatic carbocycles. The van der Waals surface area contributed by atoms with E-state index in [0.29, 0.717) is 5.39 Å². The molecular weight excluding hydrogens is 226 g/mol. The van der Waals surface area contributed by atoms with E-state index in [9.17, 15) is 10.2 Å². The van der Waals surface area contributed by atoms with Crippen LogP contribution in [0.1, 0.15) is 33.3 Å². The molecule has 1 aromatic carbocycles. The zero-order valence-electron chi connectivity index (χ0n) is 12.2. The van der Waals surface area contributed by atoms with E-state index in [-0.39, 0.29) is 11.5 Å². The summed E-state index contributed by atoms with van der Waals surface area (Å²) in [6.07, 6.45) is 1.49. The highest BCUT2D eigenvalue weighted by Gasteiger charge is 2.14. The molecule has 0 aliphatic rings. The maximum atomic E-state index is 9.64. The van der Waals surface area contributed by atoms with Gasteiger partial charge in [-0.1, -0.05) is 33.8 Å². The van der Waals surface area contributed by atoms with Crippen molar-refractivity contribution in [2.45, 2.75) is 34.6 Å². The van der Waals surface area contributed by atoms with Crippen LogP contribution < -0.4 is 4.57 Å². The molecule has 3 nitrogen and oxygen atoms in total. The van der Waals surface area contributed by atoms with Gasteiger partial charge in [0, 0.05) is 6.07 Å². The lowest BCUT2D eigenvalue weighted by molar-refractivity contribution is -0.645. The van der Waals surface area contributed by atoms with E-state index in [1.807, 2.05) is 59.9 Å². The van der Waals surface area contributed by atoms with Crippen molar-refractivity contribution in [3.05, 3.63) is 30.0 Å². The van der Waals surface area contributed by atoms with E-state index in [0.717, 1.165) is 11.1 Å². The number of hydrogen-bond donors (Lipinski definition) is 2. The first kappa shape index (κ1) is 16.2. The molecule has 0 spiro atoms. The first-order chi connectivity index (χ1) is 8.59. The largest absolute Gasteiger partial charge is 0.504 e. The number of fused-ring (bicyclic) bond motifs is 1. The quantitative estimate of drug-likeness (QED) is 0.703. The Kier molecular flexibility index (Phi) is 6.79. The van der Waals surface area contributed by atoms with Crippen LogP contribution in [0.3, 0.4) is 0 Å². The Bertz CT molecular complexity index is 507. The minimum Gasteiger partial charge on any atom is -0.504 e. The van der Waals surface area contributed by atoms with Crippen LogP contribution in [0.5, 0.6) is 11.5 Å². The van der Waals surface area contributed by atoms with Gasteiger partial charge < -0.3 is 10.2 Å². The summed E-state index contributed by atoms with van der Waals surface area (Å²) in [5.41, 5.74) is 1.95. The lowest BCUT2D eigenvalue weighted by atomic mass is 10.1. The van der Waals surface area contributed by atoms with Gasteiger partial charge in [0.1, 0.15) is 7.05 Å². The van der Waals surface area contributed by atoms with Crippen LogP contribution in [-0.2, 0) is 7.05 Å². The van der Waals surface area contributed by atoms with Crippen LogP contribution in [0.4, 0.5) is 0 Å². The second kappa shape index (κ2) is 7.54. The Hall–Kier alpha value is -1.77. The number of aromatic nitrogens is 1. The molecule has 100 valence electrons. The predicted octanol–water partition coefficient (Wildman–Crippen LogP) is 3.44. The summed E-state index contributed by atoms with van der Waals surface area (Å²) in [7, 11) is 1.83. The SMILES string of the molecule is CC.CC.Cc1ccc2c(c1)c(O)c(O)c[n+]2C. The first-order valence-electron chi connectivity index (χ1n) is 6.40. The van der Waals surface area contributed by atoms with Gasteiger partial charge in [0.25, 0.3) is 0 Å². The summed E-state index contributed by atoms with van der Waals surface area (Å²) in [5, 5.41) is 19.7. The fourth-order valence-corrected chi connectivity index (χ4v) is 1.60. The number of aromatic hydroxyl groups is 2. The molecular formula is C15H24NO2+. The summed E-state index contributed by atoms with van der Waals surface area (Å²) in [6, 6.07) is 5.74. The molecule has 2 aromatic rings. The first-order valence-corrected chi connectivity index (χ1v) is 6.40. The minimum absolute atomic E-state index is 0.0539. The van der Waals surface area contributed by atoms with Gasteiger partial charge in [0.15, 0.2) is 5.75 Å². The van der Waals surface area contributed by atoms with Crippen molar-refractivity contribution in [2.24, 2.45) is 7.05 Å². The Morgan fingerprint density at radius 2 is 1.56 bits per heavy atom. The molecule has 0 saturated heterocycles. The molecule has 0 aliphatic heterocycles. The third kappa shape index (κ3) is 3.36. The van der Waals surface area contributed by atoms with Crippen LogP contribution in [0.15, 0.2) is 24.4 Å². The van der Waals surface area contributed by atoms with Crippen LogP contribution in [0.25, 0.3) is 10.9 Å². The number of nitrogens with zero attached hydrogens (tertiary/aromatic N) is 1. The Balaban J connectivity index is 0.000000659. The lowest BCUT2D eigenvalue weighted by Gasteiger charge is -2.02. The number of hydrogen-bond acceptors (Lipinski definition) is 2. The van der Waals surface area contributed by atoms with Gasteiger partial charge in [0.05, 0.1) is 5.39 Å². The number of benzene rings is 1. The molecule has 0 fully saturated rings. The Morgan fingerprint density at radius 3 is 2.11 bits per heavy atom. The van der Waals surface area contributed by atoms with Crippen molar-refractivity contribution in [1.29, 1.82) is 0 Å². The summed E-state index contributed by atoms with van der Waals surface area (Å²) < 4.78 is 1.78. The summed E-state index contributed by atoms with van der Waals surface area (Å²) in [4.78, 5) is 0. The van der Waals surface area contributed by atoms with Crippen molar-refractivity contribution in [1.82, 2.24) is 0 Å². The van der Waals surface area contributed by atoms with Gasteiger partial charge in [-0.25, -0.2) is 0 Å². The lowest BCUT2D eigenvalue weighted by Crippen LogP contribution is -2.28. The highest BCUT2D eigenvalue weighted by atomic mass is 16.3. The molecule has 1 aromatic heterocycles. The van der Waals surface area contributed by atoms with Crippen LogP contribution in [0, 0.1) is 6.92 Å². The van der Waals surface area contributed by atoms with Gasteiger partial charge in [-0.2, -0.15) is 4.57 Å². The average molecular weight is 250 g/mol. The standard InChI is InChI=1S/C11H11NO2.2C2H6/c1-7-3-4-9-8(5-7)11(14)10(13)6-12(9)2;2*1-2/h3-6,13H,1-2H3;2*1-2H3/p+1. The van der Waals surface area contributed by atoms with E-state index in [1.54, 1.807) is 4.57 Å². The van der Waals surface area contributed by atoms with E-state index in [1.165, 1.54) is 6.20 Å². The zero-order valence-corrected chi connectivity index (χ0v) is 12.2. The van der Waals surface area contributed by atoms with E-state index in [4.69, 9.17) is 0 Å². The smallest absolute Gasteiger partial charge is 0.223 e. The summed E-state index contributed by atoms with van der Waals surface area (Å²) in [5.74, 6) is -0.146. The molecule has 2 rings (SSSR count). The van der Waals surface area contributed by atoms with Gasteiger partial charge in [-0.15, -0.1) is 0 Å². The van der Waals surface area contributed by atoms with Gasteiger partial charge in [-0.05, 0) is 18.6 Å². The van der Waals surface area contributed by atoms with Gasteiger partial charge >= 0.3 is 0 Å². The third-order valence-electron chi connectivity index (χ3n) is 2.35. The predicted molar refractivity (Wildman–Crippen MR) is 75.9 cm³/mol. The van der Waals surface area contributed by atoms with Crippen molar-refractivity contribution in [2.75, 3.05) is 0 Å². The van der Waals surface area contributed by atoms with E-state index < -0.39 is 0 Å². The van der Waals surface area contributed by atoms with Crippen LogP contribution in [-0.4, -0.2) is 10.2 Å². The Labute approximate surface area is 109 Å². The van der Waals surface area contributed by atoms with Crippen molar-refractivity contribution < 1.29 is 14.8 Å². The number of aryl methyl sites for hydroxylation is 2. The van der Waals surface area contributed by atoms with Gasteiger partial charge in [-0.3, -0.25) is 0 Å². The Morgan fingerprint density at radius 1 is 1.00 bits per heavy atom. The van der Waals surface area contributed by atoms with E-state index in [2.05, 4.69) is 0 Å². The van der Waals surface area contributed by atoms with E-state index >= 15 is 0 Å². The molecule has 3 heteroatoms. The van der Waals surface area contributed by atoms with Crippen molar-refractivity contribution in [3.8, 4) is 11.5 Å². The zero-order chi connectivity index (χ0) is 14.3. The molecule has 18 heavy (non-hydrogen) atoms. The van der Waals surface area contributed by atoms with Crippen LogP contribution in [0.2, 0.25) is 0 Å². The maximum absolute atomic E-state index is 9.64. The molecule has 2 N–H and O–H groups in total. The number of rotatable bonds is 0. The molecule has 0 bridgehead atoms. The minimum atomic E-state index is -0.0920. The molecule has 1 heterocycles. The molecule has 0 amide bonds. The maximum Gasteiger partial charge on any atom is 0.223 e. The highest BCUT2D eigenvalue weighted by Crippen LogP contribution is 2.30. The summed E-state index contributed by atoms with van der Waals surface area (Å²) >= 11 is 0. The van der Waals surface area contributed by atoms with Crippen molar-refractivity contribution in [3.63, 3.8) is 0 Å². The summed E-state index contributed by atoms with van der Waals surface area (Å²) in [6.45, 7) is 9.95. The fourth-order valence-electron chi connectivity index (χ4n) is 1.60. The fraction of sp³-hybridized carbons (Fsp3) is 0.400. The molecule has 0 unspecified atom stereocenters. The second-order valence-electron chi connectivity index (χ2n) is 3.49. The highest BCUT2D eigenvalue weighted by molar-refractivity contribution is 5.84. The monoisotopic (exact) mass is 250 g/mol. The topological polar surface area (TPSA) is 44.3 Å². The third-order valence-corrected chi connectivity index (χ3v) is 2.35. The van der Waals surface area contributed by atoms with Crippen molar-refractivity contribution >= 4 is 10.9 Å². The van der Waals surface area contributed by atoms with Crippen LogP contribution >= 0.6 is 0 Å². The number of pyridine rings is 1.